The SMILES string of the molecule is O=C1C([N+](=O)[O-])=CC=C(ON=CC(F)(F)F)C1[N+](=O)[O-]. The molecular formula is C8H4F3N3O6. The van der Waals surface area contributed by atoms with Crippen LogP contribution in [0, 0.1) is 20.2 Å². The predicted octanol–water partition coefficient (Wildman–Crippen LogP) is 0.824. The molecule has 0 saturated carbocycles. The van der Waals surface area contributed by atoms with Crippen molar-refractivity contribution in [3.8, 4) is 0 Å². The van der Waals surface area contributed by atoms with Crippen LogP contribution in [0.2, 0.25) is 0 Å². The summed E-state index contributed by atoms with van der Waals surface area (Å²) in [5, 5.41) is 23.5. The first-order valence-electron chi connectivity index (χ1n) is 4.65. The molecule has 0 aromatic heterocycles. The molecule has 0 N–H and O–H groups in total. The normalized spacial score (nSPS) is 19.6. The molecular weight excluding hydrogens is 291 g/mol. The van der Waals surface area contributed by atoms with Crippen molar-refractivity contribution in [2.75, 3.05) is 0 Å². The van der Waals surface area contributed by atoms with Gasteiger partial charge in [0.25, 0.3) is 0 Å². The molecule has 0 heterocycles. The van der Waals surface area contributed by atoms with Crippen molar-refractivity contribution in [2.24, 2.45) is 5.16 Å². The first-order valence-corrected chi connectivity index (χ1v) is 4.65. The molecule has 12 heteroatoms. The van der Waals surface area contributed by atoms with Crippen molar-refractivity contribution >= 4 is 12.0 Å². The van der Waals surface area contributed by atoms with E-state index in [4.69, 9.17) is 0 Å². The molecule has 0 amide bonds. The monoisotopic (exact) mass is 295 g/mol. The molecule has 1 atom stereocenters. The first kappa shape index (κ1) is 15.3. The molecule has 20 heavy (non-hydrogen) atoms. The summed E-state index contributed by atoms with van der Waals surface area (Å²) >= 11 is 0. The number of nitrogens with zero attached hydrogens (tertiary/aromatic N) is 3. The molecule has 0 aromatic rings. The van der Waals surface area contributed by atoms with Gasteiger partial charge in [-0.25, -0.2) is 0 Å². The van der Waals surface area contributed by atoms with Crippen LogP contribution in [0.15, 0.2) is 28.8 Å². The zero-order valence-corrected chi connectivity index (χ0v) is 9.23. The van der Waals surface area contributed by atoms with E-state index in [9.17, 15) is 38.2 Å². The fourth-order valence-corrected chi connectivity index (χ4v) is 1.18. The van der Waals surface area contributed by atoms with E-state index in [1.54, 1.807) is 0 Å². The Balaban J connectivity index is 3.03. The summed E-state index contributed by atoms with van der Waals surface area (Å²) in [5.41, 5.74) is -1.07. The van der Waals surface area contributed by atoms with Gasteiger partial charge in [0, 0.05) is 11.0 Å². The van der Waals surface area contributed by atoms with Crippen LogP contribution >= 0.6 is 0 Å². The fourth-order valence-electron chi connectivity index (χ4n) is 1.18. The minimum absolute atomic E-state index is 0.584. The van der Waals surface area contributed by atoms with Crippen LogP contribution in [0.25, 0.3) is 0 Å². The van der Waals surface area contributed by atoms with E-state index in [0.717, 1.165) is 0 Å². The van der Waals surface area contributed by atoms with Gasteiger partial charge in [0.2, 0.25) is 5.76 Å². The van der Waals surface area contributed by atoms with Gasteiger partial charge in [-0.1, -0.05) is 5.16 Å². The highest BCUT2D eigenvalue weighted by molar-refractivity contribution is 5.99. The van der Waals surface area contributed by atoms with Crippen molar-refractivity contribution in [3.63, 3.8) is 0 Å². The topological polar surface area (TPSA) is 125 Å². The standard InChI is InChI=1S/C8H4F3N3O6/c9-8(10,11)3-12-20-5-2-1-4(13(16)17)7(15)6(5)14(18)19/h1-3,6H. The summed E-state index contributed by atoms with van der Waals surface area (Å²) < 4.78 is 35.3. The summed E-state index contributed by atoms with van der Waals surface area (Å²) in [5.74, 6) is -2.37. The van der Waals surface area contributed by atoms with Gasteiger partial charge in [-0.05, 0) is 6.08 Å². The van der Waals surface area contributed by atoms with Gasteiger partial charge in [-0.2, -0.15) is 13.2 Å². The number of nitro groups is 2. The molecule has 0 radical (unpaired) electrons. The number of carbonyl (C=O) groups excluding carboxylic acids is 1. The quantitative estimate of drug-likeness (QED) is 0.429. The Morgan fingerprint density at radius 3 is 2.35 bits per heavy atom. The van der Waals surface area contributed by atoms with Crippen molar-refractivity contribution in [2.45, 2.75) is 12.2 Å². The average molecular weight is 295 g/mol. The van der Waals surface area contributed by atoms with Crippen LogP contribution in [0.3, 0.4) is 0 Å². The molecule has 1 aliphatic rings. The second-order valence-electron chi connectivity index (χ2n) is 3.30. The summed E-state index contributed by atoms with van der Waals surface area (Å²) in [6, 6.07) is -2.31. The maximum Gasteiger partial charge on any atom is 0.429 e. The molecule has 1 unspecified atom stereocenters. The predicted molar refractivity (Wildman–Crippen MR) is 54.6 cm³/mol. The fraction of sp³-hybridized carbons (Fsp3) is 0.250. The lowest BCUT2D eigenvalue weighted by molar-refractivity contribution is -0.505. The number of Topliss-reactive ketones (excluding diaryl/α,β-unsaturated/α-hetero) is 1. The van der Waals surface area contributed by atoms with Gasteiger partial charge in [0.1, 0.15) is 6.21 Å². The van der Waals surface area contributed by atoms with E-state index in [-0.39, 0.29) is 0 Å². The first-order chi connectivity index (χ1) is 9.13. The smallest absolute Gasteiger partial charge is 0.354 e. The highest BCUT2D eigenvalue weighted by Gasteiger charge is 2.45. The van der Waals surface area contributed by atoms with Crippen LogP contribution in [-0.4, -0.2) is 34.1 Å². The van der Waals surface area contributed by atoms with Gasteiger partial charge in [0.05, 0.1) is 4.92 Å². The molecule has 0 aromatic carbocycles. The molecule has 1 rings (SSSR count). The Hall–Kier alpha value is -2.79. The number of rotatable bonds is 4. The molecule has 0 fully saturated rings. The van der Waals surface area contributed by atoms with Crippen LogP contribution in [0.5, 0.6) is 0 Å². The minimum atomic E-state index is -4.81. The lowest BCUT2D eigenvalue weighted by Gasteiger charge is -2.11. The molecule has 0 aliphatic heterocycles. The maximum absolute atomic E-state index is 11.8. The van der Waals surface area contributed by atoms with Gasteiger partial charge >= 0.3 is 23.7 Å². The minimum Gasteiger partial charge on any atom is -0.354 e. The van der Waals surface area contributed by atoms with Crippen LogP contribution in [0.1, 0.15) is 0 Å². The number of alkyl halides is 3. The summed E-state index contributed by atoms with van der Waals surface area (Å²) in [4.78, 5) is 34.2. The Bertz CT molecular complexity index is 550. The second kappa shape index (κ2) is 5.46. The highest BCUT2D eigenvalue weighted by Crippen LogP contribution is 2.20. The second-order valence-corrected chi connectivity index (χ2v) is 3.30. The number of oxime groups is 1. The van der Waals surface area contributed by atoms with Gasteiger partial charge in [0.15, 0.2) is 0 Å². The van der Waals surface area contributed by atoms with Crippen molar-refractivity contribution in [1.29, 1.82) is 0 Å². The largest absolute Gasteiger partial charge is 0.429 e. The number of halogens is 3. The van der Waals surface area contributed by atoms with Gasteiger partial charge in [-0.3, -0.25) is 25.0 Å². The number of hydrogen-bond acceptors (Lipinski definition) is 7. The molecule has 1 aliphatic carbocycles. The number of ketones is 1. The van der Waals surface area contributed by atoms with E-state index in [1.165, 1.54) is 0 Å². The average Bonchev–Trinajstić information content (AvgIpc) is 2.26. The molecule has 0 saturated heterocycles. The van der Waals surface area contributed by atoms with E-state index in [2.05, 4.69) is 9.99 Å². The van der Waals surface area contributed by atoms with Gasteiger partial charge in [-0.15, -0.1) is 0 Å². The highest BCUT2D eigenvalue weighted by atomic mass is 19.4. The lowest BCUT2D eigenvalue weighted by Crippen LogP contribution is -2.37. The number of carbonyl (C=O) groups is 1. The number of allylic oxidation sites excluding steroid dienone is 2. The summed E-state index contributed by atoms with van der Waals surface area (Å²) in [6.45, 7) is 0. The van der Waals surface area contributed by atoms with Crippen LogP contribution < -0.4 is 0 Å². The maximum atomic E-state index is 11.8. The lowest BCUT2D eigenvalue weighted by atomic mass is 10.0. The van der Waals surface area contributed by atoms with Crippen molar-refractivity contribution in [1.82, 2.24) is 0 Å². The Labute approximate surface area is 107 Å². The third kappa shape index (κ3) is 3.60. The zero-order valence-electron chi connectivity index (χ0n) is 9.23. The Morgan fingerprint density at radius 1 is 1.30 bits per heavy atom. The van der Waals surface area contributed by atoms with E-state index in [1.807, 2.05) is 0 Å². The van der Waals surface area contributed by atoms with Crippen LogP contribution in [0.4, 0.5) is 13.2 Å². The Kier molecular flexibility index (Phi) is 4.17. The van der Waals surface area contributed by atoms with E-state index in [0.29, 0.717) is 12.2 Å². The molecule has 9 nitrogen and oxygen atoms in total. The summed E-state index contributed by atoms with van der Waals surface area (Å²) in [6.07, 6.45) is -4.19. The van der Waals surface area contributed by atoms with Crippen molar-refractivity contribution < 1.29 is 32.6 Å². The Morgan fingerprint density at radius 2 is 1.90 bits per heavy atom. The van der Waals surface area contributed by atoms with Crippen LogP contribution in [-0.2, 0) is 9.63 Å². The third-order valence-electron chi connectivity index (χ3n) is 1.94. The third-order valence-corrected chi connectivity index (χ3v) is 1.94. The number of hydrogen-bond donors (Lipinski definition) is 0. The molecule has 0 spiro atoms. The van der Waals surface area contributed by atoms with Crippen molar-refractivity contribution in [3.05, 3.63) is 43.8 Å². The molecule has 108 valence electrons. The van der Waals surface area contributed by atoms with Gasteiger partial charge < -0.3 is 4.84 Å². The zero-order chi connectivity index (χ0) is 15.5. The van der Waals surface area contributed by atoms with E-state index >= 15 is 0 Å². The van der Waals surface area contributed by atoms with E-state index < -0.39 is 45.5 Å². The summed E-state index contributed by atoms with van der Waals surface area (Å²) in [7, 11) is 0. The molecule has 0 bridgehead atoms.